The molecular formula is C12H16N4O. The number of hydrogen-bond acceptors (Lipinski definition) is 3. The van der Waals surface area contributed by atoms with Crippen molar-refractivity contribution in [3.05, 3.63) is 24.0 Å². The number of aryl methyl sites for hydroxylation is 1. The van der Waals surface area contributed by atoms with Crippen molar-refractivity contribution in [2.24, 2.45) is 0 Å². The van der Waals surface area contributed by atoms with Crippen molar-refractivity contribution in [2.75, 3.05) is 18.4 Å². The van der Waals surface area contributed by atoms with Crippen molar-refractivity contribution in [1.29, 1.82) is 0 Å². The zero-order chi connectivity index (χ0) is 12.3. The van der Waals surface area contributed by atoms with Crippen molar-refractivity contribution in [3.63, 3.8) is 0 Å². The maximum absolute atomic E-state index is 11.5. The number of likely N-dealkylation sites (N-methyl/N-ethyl adjacent to an activating group) is 1. The summed E-state index contributed by atoms with van der Waals surface area (Å²) in [6, 6.07) is 5.63. The van der Waals surface area contributed by atoms with Gasteiger partial charge in [-0.1, -0.05) is 6.92 Å². The maximum Gasteiger partial charge on any atom is 0.238 e. The van der Waals surface area contributed by atoms with Crippen molar-refractivity contribution in [1.82, 2.24) is 15.3 Å². The molecule has 0 aliphatic rings. The molecule has 2 aromatic rings. The normalized spacial score (nSPS) is 10.7. The van der Waals surface area contributed by atoms with E-state index in [0.29, 0.717) is 6.54 Å². The molecule has 0 aliphatic heterocycles. The molecule has 0 saturated carbocycles. The average molecular weight is 232 g/mol. The molecule has 0 bridgehead atoms. The SMILES string of the molecule is CCNCC(=O)Nc1ccc2nc(C)[nH]c2c1. The van der Waals surface area contributed by atoms with Gasteiger partial charge in [0.1, 0.15) is 5.82 Å². The Morgan fingerprint density at radius 1 is 1.47 bits per heavy atom. The minimum Gasteiger partial charge on any atom is -0.342 e. The third kappa shape index (κ3) is 2.82. The highest BCUT2D eigenvalue weighted by Crippen LogP contribution is 2.16. The molecule has 1 aromatic carbocycles. The van der Waals surface area contributed by atoms with Gasteiger partial charge >= 0.3 is 0 Å². The molecule has 90 valence electrons. The van der Waals surface area contributed by atoms with Gasteiger partial charge in [0.25, 0.3) is 0 Å². The van der Waals surface area contributed by atoms with Gasteiger partial charge in [0.05, 0.1) is 17.6 Å². The molecule has 1 amide bonds. The smallest absolute Gasteiger partial charge is 0.238 e. The van der Waals surface area contributed by atoms with Crippen LogP contribution in [0.5, 0.6) is 0 Å². The van der Waals surface area contributed by atoms with Gasteiger partial charge in [-0.3, -0.25) is 4.79 Å². The number of anilines is 1. The molecule has 0 radical (unpaired) electrons. The minimum atomic E-state index is -0.0394. The maximum atomic E-state index is 11.5. The number of carbonyl (C=O) groups is 1. The van der Waals surface area contributed by atoms with E-state index in [-0.39, 0.29) is 5.91 Å². The minimum absolute atomic E-state index is 0.0394. The molecule has 1 heterocycles. The number of hydrogen-bond donors (Lipinski definition) is 3. The molecule has 0 saturated heterocycles. The number of nitrogens with one attached hydrogen (secondary N) is 3. The van der Waals surface area contributed by atoms with E-state index in [1.807, 2.05) is 32.0 Å². The summed E-state index contributed by atoms with van der Waals surface area (Å²) in [6.45, 7) is 4.98. The second-order valence-electron chi connectivity index (χ2n) is 3.88. The largest absolute Gasteiger partial charge is 0.342 e. The third-order valence-electron chi connectivity index (χ3n) is 2.42. The van der Waals surface area contributed by atoms with E-state index in [2.05, 4.69) is 20.6 Å². The molecule has 5 nitrogen and oxygen atoms in total. The topological polar surface area (TPSA) is 69.8 Å². The van der Waals surface area contributed by atoms with Crippen molar-refractivity contribution < 1.29 is 4.79 Å². The number of carbonyl (C=O) groups excluding carboxylic acids is 1. The molecule has 0 unspecified atom stereocenters. The molecule has 3 N–H and O–H groups in total. The van der Waals surface area contributed by atoms with Gasteiger partial charge in [0.2, 0.25) is 5.91 Å². The van der Waals surface area contributed by atoms with Gasteiger partial charge in [-0.05, 0) is 31.7 Å². The molecular weight excluding hydrogens is 216 g/mol. The van der Waals surface area contributed by atoms with Crippen molar-refractivity contribution in [3.8, 4) is 0 Å². The number of aromatic amines is 1. The Balaban J connectivity index is 2.10. The van der Waals surface area contributed by atoms with E-state index in [1.165, 1.54) is 0 Å². The quantitative estimate of drug-likeness (QED) is 0.746. The van der Waals surface area contributed by atoms with Gasteiger partial charge in [-0.15, -0.1) is 0 Å². The number of rotatable bonds is 4. The molecule has 0 aliphatic carbocycles. The van der Waals surface area contributed by atoms with Crippen LogP contribution in [0, 0.1) is 6.92 Å². The lowest BCUT2D eigenvalue weighted by atomic mass is 10.2. The second kappa shape index (κ2) is 4.97. The Morgan fingerprint density at radius 3 is 3.06 bits per heavy atom. The fourth-order valence-corrected chi connectivity index (χ4v) is 1.66. The zero-order valence-corrected chi connectivity index (χ0v) is 10.0. The summed E-state index contributed by atoms with van der Waals surface area (Å²) >= 11 is 0. The fraction of sp³-hybridized carbons (Fsp3) is 0.333. The Hall–Kier alpha value is -1.88. The summed E-state index contributed by atoms with van der Waals surface area (Å²) in [4.78, 5) is 19.0. The lowest BCUT2D eigenvalue weighted by Crippen LogP contribution is -2.27. The summed E-state index contributed by atoms with van der Waals surface area (Å²) in [7, 11) is 0. The first-order valence-corrected chi connectivity index (χ1v) is 5.66. The molecule has 0 atom stereocenters. The standard InChI is InChI=1S/C12H16N4O/c1-3-13-7-12(17)16-9-4-5-10-11(6-9)15-8(2)14-10/h4-6,13H,3,7H2,1-2H3,(H,14,15)(H,16,17). The van der Waals surface area contributed by atoms with Gasteiger partial charge in [-0.25, -0.2) is 4.98 Å². The number of amides is 1. The first-order chi connectivity index (χ1) is 8.19. The van der Waals surface area contributed by atoms with Crippen LogP contribution in [0.3, 0.4) is 0 Å². The molecule has 5 heteroatoms. The molecule has 0 fully saturated rings. The monoisotopic (exact) mass is 232 g/mol. The Labute approximate surface area is 99.6 Å². The summed E-state index contributed by atoms with van der Waals surface area (Å²) in [5.74, 6) is 0.832. The van der Waals surface area contributed by atoms with Crippen LogP contribution >= 0.6 is 0 Å². The van der Waals surface area contributed by atoms with Crippen LogP contribution in [0.1, 0.15) is 12.7 Å². The third-order valence-corrected chi connectivity index (χ3v) is 2.42. The molecule has 2 rings (SSSR count). The Kier molecular flexibility index (Phi) is 3.39. The van der Waals surface area contributed by atoms with E-state index in [4.69, 9.17) is 0 Å². The first kappa shape index (κ1) is 11.6. The number of H-pyrrole nitrogens is 1. The van der Waals surface area contributed by atoms with Crippen molar-refractivity contribution >= 4 is 22.6 Å². The fourth-order valence-electron chi connectivity index (χ4n) is 1.66. The van der Waals surface area contributed by atoms with Crippen LogP contribution in [0.25, 0.3) is 11.0 Å². The summed E-state index contributed by atoms with van der Waals surface area (Å²) in [5, 5.41) is 5.81. The molecule has 17 heavy (non-hydrogen) atoms. The predicted molar refractivity (Wildman–Crippen MR) is 68.0 cm³/mol. The second-order valence-corrected chi connectivity index (χ2v) is 3.88. The van der Waals surface area contributed by atoms with Gasteiger partial charge in [0, 0.05) is 5.69 Å². The van der Waals surface area contributed by atoms with E-state index < -0.39 is 0 Å². The molecule has 0 spiro atoms. The lowest BCUT2D eigenvalue weighted by molar-refractivity contribution is -0.115. The van der Waals surface area contributed by atoms with E-state index >= 15 is 0 Å². The first-order valence-electron chi connectivity index (χ1n) is 5.66. The Bertz CT molecular complexity index is 532. The number of fused-ring (bicyclic) bond motifs is 1. The van der Waals surface area contributed by atoms with E-state index in [1.54, 1.807) is 0 Å². The number of aromatic nitrogens is 2. The number of imidazole rings is 1. The van der Waals surface area contributed by atoms with Crippen LogP contribution in [0.15, 0.2) is 18.2 Å². The predicted octanol–water partition coefficient (Wildman–Crippen LogP) is 1.42. The van der Waals surface area contributed by atoms with Gasteiger partial charge < -0.3 is 15.6 Å². The van der Waals surface area contributed by atoms with Crippen LogP contribution < -0.4 is 10.6 Å². The summed E-state index contributed by atoms with van der Waals surface area (Å²) in [5.41, 5.74) is 2.62. The average Bonchev–Trinajstić information content (AvgIpc) is 2.65. The number of nitrogens with zero attached hydrogens (tertiary/aromatic N) is 1. The van der Waals surface area contributed by atoms with E-state index in [0.717, 1.165) is 29.1 Å². The van der Waals surface area contributed by atoms with Crippen LogP contribution in [0.4, 0.5) is 5.69 Å². The van der Waals surface area contributed by atoms with E-state index in [9.17, 15) is 4.79 Å². The van der Waals surface area contributed by atoms with Crippen LogP contribution in [-0.2, 0) is 4.79 Å². The van der Waals surface area contributed by atoms with Gasteiger partial charge in [-0.2, -0.15) is 0 Å². The van der Waals surface area contributed by atoms with Crippen LogP contribution in [0.2, 0.25) is 0 Å². The highest BCUT2D eigenvalue weighted by Gasteiger charge is 2.04. The number of benzene rings is 1. The lowest BCUT2D eigenvalue weighted by Gasteiger charge is -2.05. The molecule has 1 aromatic heterocycles. The highest BCUT2D eigenvalue weighted by atomic mass is 16.1. The zero-order valence-electron chi connectivity index (χ0n) is 10.0. The van der Waals surface area contributed by atoms with Crippen LogP contribution in [-0.4, -0.2) is 29.0 Å². The van der Waals surface area contributed by atoms with Gasteiger partial charge in [0.15, 0.2) is 0 Å². The summed E-state index contributed by atoms with van der Waals surface area (Å²) in [6.07, 6.45) is 0. The highest BCUT2D eigenvalue weighted by molar-refractivity contribution is 5.94. The van der Waals surface area contributed by atoms with Crippen molar-refractivity contribution in [2.45, 2.75) is 13.8 Å². The summed E-state index contributed by atoms with van der Waals surface area (Å²) < 4.78 is 0. The Morgan fingerprint density at radius 2 is 2.29 bits per heavy atom.